The first kappa shape index (κ1) is 13.2. The Balaban J connectivity index is 2.37. The number of fused-ring (bicyclic) bond motifs is 1. The molecule has 0 amide bonds. The van der Waals surface area contributed by atoms with Gasteiger partial charge >= 0.3 is 114 Å². The molecule has 0 aliphatic carbocycles. The maximum absolute atomic E-state index is 11.6. The maximum atomic E-state index is 11.6. The quantitative estimate of drug-likeness (QED) is 0.626. The molecule has 0 radical (unpaired) electrons. The SMILES string of the molecule is CCC(=O)C=C1[Se]c2ccc(OC)cc2N1CC. The molecular formula is C14H17NO2Se. The van der Waals surface area contributed by atoms with Gasteiger partial charge in [-0.3, -0.25) is 0 Å². The van der Waals surface area contributed by atoms with Crippen molar-refractivity contribution in [3.05, 3.63) is 28.9 Å². The summed E-state index contributed by atoms with van der Waals surface area (Å²) >= 11 is 0.225. The number of nitrogens with zero attached hydrogens (tertiary/aromatic N) is 1. The van der Waals surface area contributed by atoms with Gasteiger partial charge in [0.05, 0.1) is 0 Å². The van der Waals surface area contributed by atoms with Crippen molar-refractivity contribution >= 4 is 30.9 Å². The Morgan fingerprint density at radius 3 is 2.83 bits per heavy atom. The third-order valence-electron chi connectivity index (χ3n) is 2.89. The summed E-state index contributed by atoms with van der Waals surface area (Å²) in [6.07, 6.45) is 2.37. The van der Waals surface area contributed by atoms with E-state index in [1.54, 1.807) is 13.2 Å². The summed E-state index contributed by atoms with van der Waals surface area (Å²) in [5.41, 5.74) is 1.19. The second kappa shape index (κ2) is 5.59. The molecule has 0 N–H and O–H groups in total. The number of methoxy groups -OCH3 is 1. The predicted octanol–water partition coefficient (Wildman–Crippen LogP) is 1.69. The molecule has 0 aromatic heterocycles. The van der Waals surface area contributed by atoms with Crippen molar-refractivity contribution in [2.45, 2.75) is 20.3 Å². The van der Waals surface area contributed by atoms with E-state index in [1.807, 2.05) is 13.0 Å². The first-order valence-electron chi connectivity index (χ1n) is 6.07. The van der Waals surface area contributed by atoms with Gasteiger partial charge in [0, 0.05) is 0 Å². The molecule has 3 nitrogen and oxygen atoms in total. The topological polar surface area (TPSA) is 29.5 Å². The molecule has 96 valence electrons. The predicted molar refractivity (Wildman–Crippen MR) is 74.8 cm³/mol. The number of benzene rings is 1. The summed E-state index contributed by atoms with van der Waals surface area (Å²) in [6.45, 7) is 4.88. The molecule has 1 aromatic rings. The summed E-state index contributed by atoms with van der Waals surface area (Å²) in [5.74, 6) is 1.07. The Morgan fingerprint density at radius 2 is 2.22 bits per heavy atom. The van der Waals surface area contributed by atoms with E-state index in [4.69, 9.17) is 4.74 Å². The molecule has 2 rings (SSSR count). The fourth-order valence-corrected chi connectivity index (χ4v) is 4.32. The Morgan fingerprint density at radius 1 is 1.44 bits per heavy atom. The van der Waals surface area contributed by atoms with Crippen LogP contribution >= 0.6 is 0 Å². The average Bonchev–Trinajstić information content (AvgIpc) is 2.74. The first-order chi connectivity index (χ1) is 8.69. The minimum atomic E-state index is 0.199. The fraction of sp³-hybridized carbons (Fsp3) is 0.357. The molecule has 0 fully saturated rings. The van der Waals surface area contributed by atoms with Gasteiger partial charge in [-0.15, -0.1) is 0 Å². The van der Waals surface area contributed by atoms with Crippen LogP contribution in [0.5, 0.6) is 5.75 Å². The number of hydrogen-bond donors (Lipinski definition) is 0. The molecule has 0 saturated heterocycles. The summed E-state index contributed by atoms with van der Waals surface area (Å²) in [7, 11) is 1.68. The normalized spacial score (nSPS) is 15.9. The Bertz CT molecular complexity index is 497. The zero-order valence-corrected chi connectivity index (χ0v) is 12.6. The van der Waals surface area contributed by atoms with Crippen molar-refractivity contribution in [1.29, 1.82) is 0 Å². The third kappa shape index (κ3) is 2.45. The van der Waals surface area contributed by atoms with Gasteiger partial charge in [0.15, 0.2) is 0 Å². The van der Waals surface area contributed by atoms with Crippen LogP contribution in [-0.4, -0.2) is 34.4 Å². The summed E-state index contributed by atoms with van der Waals surface area (Å²) in [4.78, 5) is 13.8. The molecule has 0 spiro atoms. The van der Waals surface area contributed by atoms with Gasteiger partial charge in [-0.25, -0.2) is 0 Å². The van der Waals surface area contributed by atoms with Crippen molar-refractivity contribution in [3.8, 4) is 5.75 Å². The van der Waals surface area contributed by atoms with Gasteiger partial charge in [0.25, 0.3) is 0 Å². The van der Waals surface area contributed by atoms with E-state index < -0.39 is 0 Å². The Labute approximate surface area is 114 Å². The second-order valence-corrected chi connectivity index (χ2v) is 6.21. The molecule has 1 aliphatic rings. The Hall–Kier alpha value is -1.25. The summed E-state index contributed by atoms with van der Waals surface area (Å²) in [5, 5.41) is 0. The van der Waals surface area contributed by atoms with Crippen molar-refractivity contribution in [2.75, 3.05) is 18.6 Å². The molecule has 1 heterocycles. The number of carbonyl (C=O) groups excluding carboxylic acids is 1. The van der Waals surface area contributed by atoms with Gasteiger partial charge in [-0.1, -0.05) is 0 Å². The van der Waals surface area contributed by atoms with Crippen molar-refractivity contribution in [1.82, 2.24) is 0 Å². The molecule has 0 unspecified atom stereocenters. The number of hydrogen-bond acceptors (Lipinski definition) is 3. The average molecular weight is 310 g/mol. The monoisotopic (exact) mass is 311 g/mol. The van der Waals surface area contributed by atoms with Gasteiger partial charge < -0.3 is 0 Å². The van der Waals surface area contributed by atoms with E-state index in [-0.39, 0.29) is 20.7 Å². The number of ether oxygens (including phenoxy) is 1. The van der Waals surface area contributed by atoms with Crippen LogP contribution in [-0.2, 0) is 4.79 Å². The molecule has 18 heavy (non-hydrogen) atoms. The van der Waals surface area contributed by atoms with Gasteiger partial charge in [0.1, 0.15) is 0 Å². The number of anilines is 1. The number of rotatable bonds is 4. The van der Waals surface area contributed by atoms with E-state index in [0.29, 0.717) is 6.42 Å². The first-order valence-corrected chi connectivity index (χ1v) is 7.78. The van der Waals surface area contributed by atoms with Crippen LogP contribution in [0.4, 0.5) is 5.69 Å². The zero-order valence-electron chi connectivity index (χ0n) is 10.9. The summed E-state index contributed by atoms with van der Waals surface area (Å²) < 4.78 is 7.74. The van der Waals surface area contributed by atoms with E-state index in [9.17, 15) is 4.79 Å². The molecule has 0 atom stereocenters. The van der Waals surface area contributed by atoms with E-state index >= 15 is 0 Å². The van der Waals surface area contributed by atoms with Gasteiger partial charge in [0.2, 0.25) is 0 Å². The van der Waals surface area contributed by atoms with E-state index in [2.05, 4.69) is 24.0 Å². The molecular weight excluding hydrogens is 293 g/mol. The minimum absolute atomic E-state index is 0.199. The van der Waals surface area contributed by atoms with Crippen LogP contribution in [0.2, 0.25) is 0 Å². The standard InChI is InChI=1S/C14H17NO2Se/c1-4-10(16)8-14-15(5-2)12-9-11(17-3)6-7-13(12)18-14/h6-9H,4-5H2,1-3H3. The number of carbonyl (C=O) groups is 1. The van der Waals surface area contributed by atoms with Crippen molar-refractivity contribution < 1.29 is 9.53 Å². The van der Waals surface area contributed by atoms with Gasteiger partial charge in [-0.2, -0.15) is 0 Å². The van der Waals surface area contributed by atoms with Crippen LogP contribution < -0.4 is 14.1 Å². The molecule has 0 saturated carbocycles. The van der Waals surface area contributed by atoms with Gasteiger partial charge in [-0.05, 0) is 0 Å². The number of allylic oxidation sites excluding steroid dienone is 1. The molecule has 0 bridgehead atoms. The van der Waals surface area contributed by atoms with E-state index in [0.717, 1.165) is 16.9 Å². The van der Waals surface area contributed by atoms with Crippen LogP contribution in [0.3, 0.4) is 0 Å². The zero-order chi connectivity index (χ0) is 13.1. The Kier molecular flexibility index (Phi) is 4.10. The summed E-state index contributed by atoms with van der Waals surface area (Å²) in [6, 6.07) is 6.14. The molecule has 1 aromatic carbocycles. The molecule has 1 aliphatic heterocycles. The van der Waals surface area contributed by atoms with Crippen LogP contribution in [0.1, 0.15) is 20.3 Å². The van der Waals surface area contributed by atoms with Crippen molar-refractivity contribution in [3.63, 3.8) is 0 Å². The second-order valence-electron chi connectivity index (χ2n) is 3.98. The van der Waals surface area contributed by atoms with Crippen molar-refractivity contribution in [2.24, 2.45) is 0 Å². The van der Waals surface area contributed by atoms with E-state index in [1.165, 1.54) is 10.1 Å². The van der Waals surface area contributed by atoms with Crippen LogP contribution in [0.15, 0.2) is 28.9 Å². The fourth-order valence-electron chi connectivity index (χ4n) is 1.88. The van der Waals surface area contributed by atoms with Crippen LogP contribution in [0, 0.1) is 0 Å². The van der Waals surface area contributed by atoms with Crippen LogP contribution in [0.25, 0.3) is 0 Å². The third-order valence-corrected chi connectivity index (χ3v) is 5.22. The number of ketones is 1. The molecule has 4 heteroatoms.